The van der Waals surface area contributed by atoms with E-state index in [-0.39, 0.29) is 17.5 Å². The maximum Gasteiger partial charge on any atom is 0.341 e. The van der Waals surface area contributed by atoms with E-state index >= 15 is 0 Å². The predicted molar refractivity (Wildman–Crippen MR) is 61.0 cm³/mol. The third-order valence-corrected chi connectivity index (χ3v) is 4.33. The van der Waals surface area contributed by atoms with E-state index in [0.29, 0.717) is 0 Å². The average molecular weight is 226 g/mol. The Morgan fingerprint density at radius 2 is 2.12 bits per heavy atom. The molecule has 1 aliphatic carbocycles. The van der Waals surface area contributed by atoms with Crippen molar-refractivity contribution < 1.29 is 14.3 Å². The summed E-state index contributed by atoms with van der Waals surface area (Å²) in [5.74, 6) is 0.713. The van der Waals surface area contributed by atoms with Crippen LogP contribution in [-0.4, -0.2) is 24.3 Å². The predicted octanol–water partition coefficient (Wildman–Crippen LogP) is 2.53. The summed E-state index contributed by atoms with van der Waals surface area (Å²) < 4.78 is 10.7. The second-order valence-corrected chi connectivity index (χ2v) is 5.72. The maximum absolute atomic E-state index is 11.9. The summed E-state index contributed by atoms with van der Waals surface area (Å²) in [6.45, 7) is 6.12. The first-order valence-corrected chi connectivity index (χ1v) is 6.25. The molecule has 1 saturated heterocycles. The molecule has 0 amide bonds. The smallest absolute Gasteiger partial charge is 0.341 e. The fraction of sp³-hybridized carbons (Fsp3) is 0.923. The highest BCUT2D eigenvalue weighted by Gasteiger charge is 2.74. The summed E-state index contributed by atoms with van der Waals surface area (Å²) in [7, 11) is 1.44. The first kappa shape index (κ1) is 11.9. The van der Waals surface area contributed by atoms with Gasteiger partial charge in [0.05, 0.1) is 7.11 Å². The Hall–Kier alpha value is -0.570. The zero-order valence-corrected chi connectivity index (χ0v) is 10.7. The summed E-state index contributed by atoms with van der Waals surface area (Å²) in [6, 6.07) is 0. The van der Waals surface area contributed by atoms with Crippen LogP contribution in [0.3, 0.4) is 0 Å². The molecule has 0 spiro atoms. The number of rotatable bonds is 4. The molecule has 3 heteroatoms. The Kier molecular flexibility index (Phi) is 2.77. The summed E-state index contributed by atoms with van der Waals surface area (Å²) in [4.78, 5) is 11.9. The van der Waals surface area contributed by atoms with Crippen LogP contribution in [0, 0.1) is 11.8 Å². The molecule has 0 aromatic carbocycles. The van der Waals surface area contributed by atoms with Crippen LogP contribution < -0.4 is 0 Å². The molecule has 92 valence electrons. The van der Waals surface area contributed by atoms with Crippen LogP contribution in [0.15, 0.2) is 0 Å². The third kappa shape index (κ3) is 1.48. The number of epoxide rings is 1. The molecular formula is C13H22O3. The number of carbonyl (C=O) groups is 1. The average Bonchev–Trinajstić information content (AvgIpc) is 2.80. The monoisotopic (exact) mass is 226 g/mol. The molecule has 1 heterocycles. The minimum atomic E-state index is -0.683. The van der Waals surface area contributed by atoms with Gasteiger partial charge in [-0.3, -0.25) is 0 Å². The Morgan fingerprint density at radius 3 is 2.50 bits per heavy atom. The van der Waals surface area contributed by atoms with Gasteiger partial charge < -0.3 is 9.47 Å². The van der Waals surface area contributed by atoms with E-state index in [9.17, 15) is 4.79 Å². The lowest BCUT2D eigenvalue weighted by Gasteiger charge is -2.28. The number of carbonyl (C=O) groups excluding carboxylic acids is 1. The van der Waals surface area contributed by atoms with Gasteiger partial charge in [-0.05, 0) is 25.2 Å². The molecule has 1 aliphatic heterocycles. The van der Waals surface area contributed by atoms with Crippen molar-refractivity contribution in [3.63, 3.8) is 0 Å². The van der Waals surface area contributed by atoms with Crippen molar-refractivity contribution in [2.24, 2.45) is 11.8 Å². The lowest BCUT2D eigenvalue weighted by molar-refractivity contribution is -0.148. The molecule has 0 N–H and O–H groups in total. The third-order valence-electron chi connectivity index (χ3n) is 4.33. The first-order chi connectivity index (χ1) is 7.46. The Morgan fingerprint density at radius 1 is 1.50 bits per heavy atom. The van der Waals surface area contributed by atoms with Crippen LogP contribution in [0.25, 0.3) is 0 Å². The summed E-state index contributed by atoms with van der Waals surface area (Å²) in [5, 5.41) is 0. The van der Waals surface area contributed by atoms with E-state index < -0.39 is 5.60 Å². The van der Waals surface area contributed by atoms with Crippen molar-refractivity contribution in [1.29, 1.82) is 0 Å². The molecule has 3 nitrogen and oxygen atoms in total. The van der Waals surface area contributed by atoms with Crippen molar-refractivity contribution in [2.45, 2.75) is 57.7 Å². The Labute approximate surface area is 97.5 Å². The second-order valence-electron chi connectivity index (χ2n) is 5.72. The maximum atomic E-state index is 11.9. The van der Waals surface area contributed by atoms with Crippen LogP contribution in [0.5, 0.6) is 0 Å². The minimum absolute atomic E-state index is 0.171. The van der Waals surface area contributed by atoms with Gasteiger partial charge in [0, 0.05) is 0 Å². The van der Waals surface area contributed by atoms with E-state index in [1.54, 1.807) is 0 Å². The van der Waals surface area contributed by atoms with Gasteiger partial charge >= 0.3 is 5.97 Å². The van der Waals surface area contributed by atoms with E-state index in [4.69, 9.17) is 9.47 Å². The first-order valence-electron chi connectivity index (χ1n) is 6.25. The van der Waals surface area contributed by atoms with Crippen LogP contribution in [0.1, 0.15) is 46.5 Å². The molecule has 0 bridgehead atoms. The molecular weight excluding hydrogens is 204 g/mol. The van der Waals surface area contributed by atoms with Crippen LogP contribution in [-0.2, 0) is 14.3 Å². The molecule has 0 aromatic heterocycles. The fourth-order valence-electron chi connectivity index (χ4n) is 3.14. The number of methoxy groups -OCH3 is 1. The SMILES string of the molecule is COC(=O)C1(C(C)C)OC1(C)CC1CCC1. The largest absolute Gasteiger partial charge is 0.467 e. The van der Waals surface area contributed by atoms with Crippen LogP contribution in [0.2, 0.25) is 0 Å². The number of hydrogen-bond acceptors (Lipinski definition) is 3. The number of esters is 1. The Balaban J connectivity index is 2.09. The second kappa shape index (κ2) is 3.73. The van der Waals surface area contributed by atoms with E-state index in [2.05, 4.69) is 6.92 Å². The van der Waals surface area contributed by atoms with Gasteiger partial charge in [-0.15, -0.1) is 0 Å². The molecule has 2 unspecified atom stereocenters. The summed E-state index contributed by atoms with van der Waals surface area (Å²) in [6.07, 6.45) is 4.90. The molecule has 2 atom stereocenters. The quantitative estimate of drug-likeness (QED) is 0.546. The highest BCUT2D eigenvalue weighted by molar-refractivity contribution is 5.85. The molecule has 0 radical (unpaired) electrons. The topological polar surface area (TPSA) is 38.8 Å². The van der Waals surface area contributed by atoms with Gasteiger partial charge in [0.15, 0.2) is 5.60 Å². The molecule has 1 saturated carbocycles. The van der Waals surface area contributed by atoms with Gasteiger partial charge in [-0.25, -0.2) is 4.79 Å². The fourth-order valence-corrected chi connectivity index (χ4v) is 3.14. The molecule has 2 fully saturated rings. The molecule has 16 heavy (non-hydrogen) atoms. The number of hydrogen-bond donors (Lipinski definition) is 0. The molecule has 2 aliphatic rings. The molecule has 2 rings (SSSR count). The standard InChI is InChI=1S/C13H22O3/c1-9(2)13(11(14)15-4)12(3,16-13)8-10-6-5-7-10/h9-10H,5-8H2,1-4H3. The van der Waals surface area contributed by atoms with Gasteiger partial charge in [0.1, 0.15) is 5.60 Å². The van der Waals surface area contributed by atoms with Gasteiger partial charge in [-0.1, -0.05) is 33.1 Å². The van der Waals surface area contributed by atoms with Gasteiger partial charge in [0.2, 0.25) is 0 Å². The van der Waals surface area contributed by atoms with Crippen molar-refractivity contribution in [3.05, 3.63) is 0 Å². The van der Waals surface area contributed by atoms with Crippen molar-refractivity contribution in [1.82, 2.24) is 0 Å². The van der Waals surface area contributed by atoms with E-state index in [1.807, 2.05) is 13.8 Å². The van der Waals surface area contributed by atoms with Crippen LogP contribution in [0.4, 0.5) is 0 Å². The number of ether oxygens (including phenoxy) is 2. The zero-order chi connectivity index (χ0) is 12.0. The summed E-state index contributed by atoms with van der Waals surface area (Å²) in [5.41, 5.74) is -0.976. The Bertz CT molecular complexity index is 296. The highest BCUT2D eigenvalue weighted by Crippen LogP contribution is 2.58. The minimum Gasteiger partial charge on any atom is -0.467 e. The van der Waals surface area contributed by atoms with Crippen molar-refractivity contribution in [2.75, 3.05) is 7.11 Å². The van der Waals surface area contributed by atoms with Gasteiger partial charge in [0.25, 0.3) is 0 Å². The van der Waals surface area contributed by atoms with Crippen LogP contribution >= 0.6 is 0 Å². The highest BCUT2D eigenvalue weighted by atomic mass is 16.7. The normalized spacial score (nSPS) is 38.3. The van der Waals surface area contributed by atoms with Crippen molar-refractivity contribution in [3.8, 4) is 0 Å². The lowest BCUT2D eigenvalue weighted by atomic mass is 9.73. The summed E-state index contributed by atoms with van der Waals surface area (Å²) >= 11 is 0. The van der Waals surface area contributed by atoms with E-state index in [1.165, 1.54) is 26.4 Å². The molecule has 0 aromatic rings. The van der Waals surface area contributed by atoms with E-state index in [0.717, 1.165) is 12.3 Å². The lowest BCUT2D eigenvalue weighted by Crippen LogP contribution is -2.40. The van der Waals surface area contributed by atoms with Gasteiger partial charge in [-0.2, -0.15) is 0 Å². The zero-order valence-electron chi connectivity index (χ0n) is 10.7. The van der Waals surface area contributed by atoms with Crippen molar-refractivity contribution >= 4 is 5.97 Å².